The Morgan fingerprint density at radius 1 is 1.03 bits per heavy atom. The number of halogens is 2. The lowest BCUT2D eigenvalue weighted by Crippen LogP contribution is -2.38. The van der Waals surface area contributed by atoms with Gasteiger partial charge in [0.1, 0.15) is 11.6 Å². The normalized spacial score (nSPS) is 22.8. The molecule has 32 heavy (non-hydrogen) atoms. The third-order valence-electron chi connectivity index (χ3n) is 7.39. The van der Waals surface area contributed by atoms with Gasteiger partial charge in [-0.15, -0.1) is 5.10 Å². The van der Waals surface area contributed by atoms with Crippen molar-refractivity contribution in [2.75, 3.05) is 0 Å². The predicted molar refractivity (Wildman–Crippen MR) is 113 cm³/mol. The molecule has 3 aromatic heterocycles. The van der Waals surface area contributed by atoms with E-state index in [1.165, 1.54) is 18.2 Å². The van der Waals surface area contributed by atoms with E-state index in [1.54, 1.807) is 23.3 Å². The summed E-state index contributed by atoms with van der Waals surface area (Å²) >= 11 is 0. The van der Waals surface area contributed by atoms with Crippen LogP contribution in [0.1, 0.15) is 49.6 Å². The highest BCUT2D eigenvalue weighted by atomic mass is 19.1. The van der Waals surface area contributed by atoms with Crippen LogP contribution < -0.4 is 0 Å². The van der Waals surface area contributed by atoms with Gasteiger partial charge in [-0.2, -0.15) is 10.2 Å². The van der Waals surface area contributed by atoms with E-state index in [0.717, 1.165) is 29.8 Å². The van der Waals surface area contributed by atoms with E-state index in [2.05, 4.69) is 34.1 Å². The number of aromatic nitrogens is 6. The van der Waals surface area contributed by atoms with Gasteiger partial charge in [-0.05, 0) is 60.1 Å². The first-order valence-corrected chi connectivity index (χ1v) is 10.6. The van der Waals surface area contributed by atoms with Crippen molar-refractivity contribution in [3.05, 3.63) is 83.6 Å². The molecule has 1 fully saturated rings. The summed E-state index contributed by atoms with van der Waals surface area (Å²) < 4.78 is 30.5. The molecule has 160 valence electrons. The van der Waals surface area contributed by atoms with Crippen LogP contribution in [-0.2, 0) is 5.41 Å². The predicted octanol–water partition coefficient (Wildman–Crippen LogP) is 4.60. The maximum absolute atomic E-state index is 14.4. The monoisotopic (exact) mass is 430 g/mol. The topological polar surface area (TPSA) is 69.4 Å². The fraction of sp³-hybridized carbons (Fsp3) is 0.292. The van der Waals surface area contributed by atoms with Crippen molar-refractivity contribution in [1.29, 1.82) is 0 Å². The molecule has 4 aromatic rings. The van der Waals surface area contributed by atoms with Gasteiger partial charge in [-0.3, -0.25) is 0 Å². The van der Waals surface area contributed by atoms with Crippen molar-refractivity contribution in [2.45, 2.75) is 38.0 Å². The third kappa shape index (κ3) is 2.35. The lowest BCUT2D eigenvalue weighted by molar-refractivity contribution is 0.242. The van der Waals surface area contributed by atoms with E-state index < -0.39 is 17.0 Å². The highest BCUT2D eigenvalue weighted by Crippen LogP contribution is 2.69. The number of nitrogens with zero attached hydrogens (tertiary/aromatic N) is 6. The quantitative estimate of drug-likeness (QED) is 0.475. The fourth-order valence-corrected chi connectivity index (χ4v) is 5.84. The van der Waals surface area contributed by atoms with Crippen LogP contribution >= 0.6 is 0 Å². The average Bonchev–Trinajstić information content (AvgIpc) is 3.45. The van der Waals surface area contributed by atoms with Crippen molar-refractivity contribution >= 4 is 0 Å². The maximum atomic E-state index is 14.4. The van der Waals surface area contributed by atoms with E-state index in [0.29, 0.717) is 5.95 Å². The third-order valence-corrected chi connectivity index (χ3v) is 7.39. The maximum Gasteiger partial charge on any atom is 0.250 e. The summed E-state index contributed by atoms with van der Waals surface area (Å²) in [7, 11) is 0. The Hall–Kier alpha value is -3.55. The Labute approximate surface area is 183 Å². The lowest BCUT2D eigenvalue weighted by atomic mass is 9.66. The standard InChI is InChI=1S/C24H20F2N6/c1-23(2)15-7-9-24(23,19-8-11-27-22(29-19)32-12-4-10-28-32)21-14(15)13-18(30-31-21)20-16(25)5-3-6-17(20)26/h3-6,8,10-13,15H,7,9H2,1-2H3/t15-,24-/m0/s1. The minimum atomic E-state index is -0.643. The minimum Gasteiger partial charge on any atom is -0.220 e. The van der Waals surface area contributed by atoms with Gasteiger partial charge >= 0.3 is 0 Å². The number of benzene rings is 1. The van der Waals surface area contributed by atoms with Crippen molar-refractivity contribution in [2.24, 2.45) is 5.41 Å². The van der Waals surface area contributed by atoms with Crippen LogP contribution in [0.25, 0.3) is 17.2 Å². The van der Waals surface area contributed by atoms with E-state index in [4.69, 9.17) is 4.98 Å². The van der Waals surface area contributed by atoms with Crippen LogP contribution in [0.3, 0.4) is 0 Å². The second kappa shape index (κ2) is 6.48. The van der Waals surface area contributed by atoms with Crippen LogP contribution in [0.4, 0.5) is 8.78 Å². The second-order valence-corrected chi connectivity index (χ2v) is 9.04. The molecule has 8 heteroatoms. The molecule has 0 radical (unpaired) electrons. The van der Waals surface area contributed by atoms with Crippen LogP contribution in [0.5, 0.6) is 0 Å². The Kier molecular flexibility index (Phi) is 3.88. The lowest BCUT2D eigenvalue weighted by Gasteiger charge is -2.37. The van der Waals surface area contributed by atoms with Crippen molar-refractivity contribution in [1.82, 2.24) is 29.9 Å². The SMILES string of the molecule is CC1(C)[C@H]2CC[C@]1(c1ccnc(-n3cccn3)n1)c1nnc(-c3c(F)cccc3F)cc12. The molecule has 2 aliphatic rings. The van der Waals surface area contributed by atoms with Gasteiger partial charge < -0.3 is 0 Å². The molecule has 0 spiro atoms. The molecule has 6 rings (SSSR count). The first-order valence-electron chi connectivity index (χ1n) is 10.6. The van der Waals surface area contributed by atoms with Gasteiger partial charge in [0.2, 0.25) is 0 Å². The zero-order chi connectivity index (χ0) is 22.1. The molecular formula is C24H20F2N6. The summed E-state index contributed by atoms with van der Waals surface area (Å²) in [5, 5.41) is 13.1. The Morgan fingerprint density at radius 2 is 1.84 bits per heavy atom. The minimum absolute atomic E-state index is 0.138. The Balaban J connectivity index is 1.54. The van der Waals surface area contributed by atoms with Crippen LogP contribution in [0.2, 0.25) is 0 Å². The molecule has 1 aromatic carbocycles. The van der Waals surface area contributed by atoms with Crippen molar-refractivity contribution in [3.63, 3.8) is 0 Å². The molecule has 0 aliphatic heterocycles. The summed E-state index contributed by atoms with van der Waals surface area (Å²) in [6.45, 7) is 4.43. The van der Waals surface area contributed by atoms with Crippen LogP contribution in [0, 0.1) is 17.0 Å². The summed E-state index contributed by atoms with van der Waals surface area (Å²) in [4.78, 5) is 9.25. The molecule has 2 bridgehead atoms. The van der Waals surface area contributed by atoms with Crippen molar-refractivity contribution in [3.8, 4) is 17.2 Å². The Morgan fingerprint density at radius 3 is 2.59 bits per heavy atom. The molecule has 1 saturated carbocycles. The number of rotatable bonds is 3. The van der Waals surface area contributed by atoms with E-state index >= 15 is 0 Å². The van der Waals surface area contributed by atoms with Gasteiger partial charge in [0.05, 0.1) is 28.1 Å². The molecule has 2 atom stereocenters. The summed E-state index contributed by atoms with van der Waals surface area (Å²) in [6.07, 6.45) is 7.04. The molecule has 0 N–H and O–H groups in total. The molecule has 6 nitrogen and oxygen atoms in total. The molecule has 0 amide bonds. The van der Waals surface area contributed by atoms with E-state index in [-0.39, 0.29) is 22.6 Å². The van der Waals surface area contributed by atoms with E-state index in [1.807, 2.05) is 18.2 Å². The number of hydrogen-bond donors (Lipinski definition) is 0. The smallest absolute Gasteiger partial charge is 0.220 e. The number of hydrogen-bond acceptors (Lipinski definition) is 5. The zero-order valence-corrected chi connectivity index (χ0v) is 17.6. The highest BCUT2D eigenvalue weighted by Gasteiger charge is 2.65. The van der Waals surface area contributed by atoms with Gasteiger partial charge in [0, 0.05) is 18.6 Å². The molecule has 2 aliphatic carbocycles. The summed E-state index contributed by atoms with van der Waals surface area (Å²) in [5.74, 6) is -0.607. The van der Waals surface area contributed by atoms with Gasteiger partial charge in [-0.1, -0.05) is 19.9 Å². The number of fused-ring (bicyclic) bond motifs is 5. The largest absolute Gasteiger partial charge is 0.250 e. The zero-order valence-electron chi connectivity index (χ0n) is 17.6. The van der Waals surface area contributed by atoms with Gasteiger partial charge in [0.15, 0.2) is 0 Å². The first kappa shape index (κ1) is 19.2. The first-order chi connectivity index (χ1) is 15.4. The summed E-state index contributed by atoms with van der Waals surface area (Å²) in [6, 6.07) is 9.39. The van der Waals surface area contributed by atoms with Crippen LogP contribution in [0.15, 0.2) is 55.0 Å². The summed E-state index contributed by atoms with van der Waals surface area (Å²) in [5.41, 5.74) is 2.11. The van der Waals surface area contributed by atoms with Gasteiger partial charge in [0.25, 0.3) is 5.95 Å². The Bertz CT molecular complexity index is 1330. The molecule has 0 unspecified atom stereocenters. The molecule has 3 heterocycles. The molecule has 0 saturated heterocycles. The fourth-order valence-electron chi connectivity index (χ4n) is 5.84. The van der Waals surface area contributed by atoms with Gasteiger partial charge in [-0.25, -0.2) is 23.4 Å². The molecular weight excluding hydrogens is 410 g/mol. The van der Waals surface area contributed by atoms with Crippen molar-refractivity contribution < 1.29 is 8.78 Å². The van der Waals surface area contributed by atoms with E-state index in [9.17, 15) is 8.78 Å². The second-order valence-electron chi connectivity index (χ2n) is 9.04. The highest BCUT2D eigenvalue weighted by molar-refractivity contribution is 5.64. The van der Waals surface area contributed by atoms with Crippen LogP contribution in [-0.4, -0.2) is 29.9 Å². The average molecular weight is 430 g/mol.